The molecule has 1 heterocycles. The maximum absolute atomic E-state index is 12.6. The van der Waals surface area contributed by atoms with E-state index in [2.05, 4.69) is 65.1 Å². The molecule has 0 amide bonds. The number of hydrogen-bond donors (Lipinski definition) is 1. The van der Waals surface area contributed by atoms with Crippen LogP contribution in [0.25, 0.3) is 0 Å². The second-order valence-corrected chi connectivity index (χ2v) is 10.8. The summed E-state index contributed by atoms with van der Waals surface area (Å²) in [5, 5.41) is 0.895. The fraction of sp³-hybridized carbons (Fsp3) is 0.645. The first kappa shape index (κ1) is 33.0. The molecule has 2 rings (SSSR count). The number of pyridine rings is 1. The Balaban J connectivity index is 0.00000648. The van der Waals surface area contributed by atoms with Gasteiger partial charge < -0.3 is 9.72 Å². The van der Waals surface area contributed by atoms with Crippen molar-refractivity contribution in [3.8, 4) is 5.75 Å². The lowest BCUT2D eigenvalue weighted by Crippen LogP contribution is -2.43. The summed E-state index contributed by atoms with van der Waals surface area (Å²) in [5.74, 6) is 0.435. The lowest BCUT2D eigenvalue weighted by molar-refractivity contribution is 0.0443. The maximum atomic E-state index is 12.6. The molecule has 0 fully saturated rings. The molecule has 2 aromatic rings. The average Bonchev–Trinajstić information content (AvgIpc) is 2.88. The third-order valence-corrected chi connectivity index (χ3v) is 8.44. The predicted octanol–water partition coefficient (Wildman–Crippen LogP) is 9.83. The highest BCUT2D eigenvalue weighted by molar-refractivity contribution is 9.09. The number of hydrogen-bond acceptors (Lipinski definition) is 2. The van der Waals surface area contributed by atoms with E-state index in [4.69, 9.17) is 4.74 Å². The normalized spacial score (nSPS) is 12.2. The Morgan fingerprint density at radius 2 is 1.39 bits per heavy atom. The number of aromatic nitrogens is 1. The Morgan fingerprint density at radius 3 is 1.92 bits per heavy atom. The molecule has 0 aliphatic heterocycles. The minimum Gasteiger partial charge on any atom is -0.484 e. The largest absolute Gasteiger partial charge is 0.484 e. The molecule has 204 valence electrons. The van der Waals surface area contributed by atoms with Gasteiger partial charge in [0.25, 0.3) is 0 Å². The van der Waals surface area contributed by atoms with Gasteiger partial charge in [-0.3, -0.25) is 4.79 Å². The summed E-state index contributed by atoms with van der Waals surface area (Å²) in [6.45, 7) is 4.54. The van der Waals surface area contributed by atoms with Crippen molar-refractivity contribution in [1.29, 1.82) is 0 Å². The smallest absolute Gasteiger partial charge is 0.223 e. The number of nitrogens with one attached hydrogen (secondary N) is 1. The molecule has 0 aliphatic rings. The van der Waals surface area contributed by atoms with E-state index in [-0.39, 0.29) is 33.9 Å². The fourth-order valence-electron chi connectivity index (χ4n) is 5.04. The van der Waals surface area contributed by atoms with Crippen LogP contribution in [0.1, 0.15) is 109 Å². The van der Waals surface area contributed by atoms with Crippen molar-refractivity contribution in [3.05, 3.63) is 64.6 Å². The molecule has 3 nitrogen and oxygen atoms in total. The van der Waals surface area contributed by atoms with Gasteiger partial charge in [0, 0.05) is 35.6 Å². The van der Waals surface area contributed by atoms with Gasteiger partial charge in [-0.25, -0.2) is 0 Å². The van der Waals surface area contributed by atoms with Crippen LogP contribution in [0.3, 0.4) is 0 Å². The van der Waals surface area contributed by atoms with Crippen molar-refractivity contribution >= 4 is 32.9 Å². The van der Waals surface area contributed by atoms with E-state index in [1.54, 1.807) is 18.5 Å². The molecule has 0 spiro atoms. The molecule has 0 aliphatic carbocycles. The Morgan fingerprint density at radius 1 is 0.833 bits per heavy atom. The lowest BCUT2D eigenvalue weighted by atomic mass is 9.73. The van der Waals surface area contributed by atoms with Gasteiger partial charge in [-0.1, -0.05) is 137 Å². The van der Waals surface area contributed by atoms with Crippen molar-refractivity contribution in [1.82, 2.24) is 4.98 Å². The zero-order valence-corrected chi connectivity index (χ0v) is 25.9. The molecule has 0 radical (unpaired) electrons. The molecule has 1 N–H and O–H groups in total. The molecule has 1 unspecified atom stereocenters. The number of alkyl halides is 1. The summed E-state index contributed by atoms with van der Waals surface area (Å²) in [7, 11) is 0. The molecule has 1 aromatic carbocycles. The zero-order valence-electron chi connectivity index (χ0n) is 22.6. The summed E-state index contributed by atoms with van der Waals surface area (Å²) >= 11 is 3.94. The highest BCUT2D eigenvalue weighted by Crippen LogP contribution is 2.40. The molecule has 1 atom stereocenters. The van der Waals surface area contributed by atoms with E-state index < -0.39 is 0 Å². The quantitative estimate of drug-likeness (QED) is 0.117. The second kappa shape index (κ2) is 20.0. The van der Waals surface area contributed by atoms with Gasteiger partial charge in [0.2, 0.25) is 5.43 Å². The number of unbranched alkanes of at least 4 members (excludes halogenated alkanes) is 10. The van der Waals surface area contributed by atoms with Gasteiger partial charge in [-0.05, 0) is 18.4 Å². The Kier molecular flexibility index (Phi) is 18.3. The predicted molar refractivity (Wildman–Crippen MR) is 164 cm³/mol. The van der Waals surface area contributed by atoms with Crippen LogP contribution in [0.2, 0.25) is 0 Å². The van der Waals surface area contributed by atoms with Crippen LogP contribution in [0.4, 0.5) is 0 Å². The molecule has 0 saturated heterocycles. The number of halogens is 2. The molecule has 0 bridgehead atoms. The first-order chi connectivity index (χ1) is 17.1. The zero-order chi connectivity index (χ0) is 25.2. The molecule has 36 heavy (non-hydrogen) atoms. The van der Waals surface area contributed by atoms with Gasteiger partial charge in [0.1, 0.15) is 6.10 Å². The maximum Gasteiger partial charge on any atom is 0.223 e. The van der Waals surface area contributed by atoms with Gasteiger partial charge in [0.05, 0.1) is 0 Å². The van der Waals surface area contributed by atoms with E-state index in [1.807, 2.05) is 0 Å². The average molecular weight is 628 g/mol. The van der Waals surface area contributed by atoms with Crippen LogP contribution in [0.15, 0.2) is 53.6 Å². The number of ether oxygens (including phenoxy) is 1. The third-order valence-electron chi connectivity index (χ3n) is 7.33. The summed E-state index contributed by atoms with van der Waals surface area (Å²) < 4.78 is 6.62. The fourth-order valence-corrected chi connectivity index (χ4v) is 5.96. The van der Waals surface area contributed by atoms with Gasteiger partial charge in [0.15, 0.2) is 5.75 Å². The van der Waals surface area contributed by atoms with Crippen LogP contribution in [-0.4, -0.2) is 16.4 Å². The number of aromatic amines is 1. The highest BCUT2D eigenvalue weighted by atomic mass is 79.9. The van der Waals surface area contributed by atoms with E-state index in [0.29, 0.717) is 5.75 Å². The lowest BCUT2D eigenvalue weighted by Gasteiger charge is -2.40. The number of H-pyrrole nitrogens is 1. The minimum absolute atomic E-state index is 0. The van der Waals surface area contributed by atoms with Gasteiger partial charge in [-0.2, -0.15) is 0 Å². The van der Waals surface area contributed by atoms with Crippen molar-refractivity contribution < 1.29 is 4.74 Å². The molecule has 5 heteroatoms. The number of rotatable bonds is 20. The molecule has 0 saturated carbocycles. The monoisotopic (exact) mass is 625 g/mol. The van der Waals surface area contributed by atoms with Crippen LogP contribution in [0, 0.1) is 5.41 Å². The first-order valence-electron chi connectivity index (χ1n) is 14.1. The standard InChI is InChI=1S/C31H48BrNO2.BrH/c1-3-5-7-9-11-16-21-31(26-32,22-17-12-10-8-6-4-2)30(24-27-18-14-13-15-19-27)35-29-25-33-23-20-28(29)34;/h13-15,18-20,23,25,30H,3-12,16-17,21-22,24,26H2,1-2H3,(H,33,34);1H. The van der Waals surface area contributed by atoms with Crippen LogP contribution < -0.4 is 10.2 Å². The van der Waals surface area contributed by atoms with Crippen LogP contribution in [0.5, 0.6) is 5.75 Å². The van der Waals surface area contributed by atoms with E-state index in [9.17, 15) is 4.79 Å². The van der Waals surface area contributed by atoms with E-state index in [1.165, 1.54) is 82.6 Å². The van der Waals surface area contributed by atoms with Crippen molar-refractivity contribution in [2.75, 3.05) is 5.33 Å². The van der Waals surface area contributed by atoms with Crippen molar-refractivity contribution in [2.24, 2.45) is 5.41 Å². The highest BCUT2D eigenvalue weighted by Gasteiger charge is 2.39. The summed E-state index contributed by atoms with van der Waals surface area (Å²) in [4.78, 5) is 15.6. The second-order valence-electron chi connectivity index (χ2n) is 10.2. The third kappa shape index (κ3) is 12.0. The number of benzene rings is 1. The minimum atomic E-state index is -0.0564. The Hall–Kier alpha value is -1.07. The van der Waals surface area contributed by atoms with Crippen LogP contribution in [-0.2, 0) is 6.42 Å². The SMILES string of the molecule is Br.CCCCCCCCC(CBr)(CCCCCCCC)C(Cc1ccccc1)Oc1c[nH]ccc1=O. The molecule has 1 aromatic heterocycles. The summed E-state index contributed by atoms with van der Waals surface area (Å²) in [5.41, 5.74) is 1.21. The van der Waals surface area contributed by atoms with E-state index >= 15 is 0 Å². The Bertz CT molecular complexity index is 824. The van der Waals surface area contributed by atoms with Crippen molar-refractivity contribution in [2.45, 2.75) is 116 Å². The Labute approximate surface area is 239 Å². The summed E-state index contributed by atoms with van der Waals surface area (Å²) in [6.07, 6.45) is 21.9. The molecular formula is C31H49Br2NO2. The summed E-state index contributed by atoms with van der Waals surface area (Å²) in [6, 6.07) is 12.2. The topological polar surface area (TPSA) is 42.1 Å². The van der Waals surface area contributed by atoms with Gasteiger partial charge in [-0.15, -0.1) is 17.0 Å². The molecular weight excluding hydrogens is 578 g/mol. The van der Waals surface area contributed by atoms with Crippen molar-refractivity contribution in [3.63, 3.8) is 0 Å². The van der Waals surface area contributed by atoms with Gasteiger partial charge >= 0.3 is 0 Å². The van der Waals surface area contributed by atoms with Crippen LogP contribution >= 0.6 is 32.9 Å². The first-order valence-corrected chi connectivity index (χ1v) is 15.2. The van der Waals surface area contributed by atoms with E-state index in [0.717, 1.165) is 24.6 Å².